The molecule has 1 aromatic heterocycles. The number of aromatic nitrogens is 1. The van der Waals surface area contributed by atoms with Crippen molar-refractivity contribution in [3.8, 4) is 5.75 Å². The SMILES string of the molecule is CCCOc1cccnc1NCCc1ccccc1F. The van der Waals surface area contributed by atoms with Crippen LogP contribution < -0.4 is 10.1 Å². The topological polar surface area (TPSA) is 34.1 Å². The zero-order valence-electron chi connectivity index (χ0n) is 11.6. The lowest BCUT2D eigenvalue weighted by atomic mass is 10.1. The number of benzene rings is 1. The third-order valence-corrected chi connectivity index (χ3v) is 2.88. The molecule has 0 unspecified atom stereocenters. The second kappa shape index (κ2) is 7.48. The molecule has 0 amide bonds. The van der Waals surface area contributed by atoms with E-state index in [1.54, 1.807) is 18.3 Å². The molecular formula is C16H19FN2O. The predicted molar refractivity (Wildman–Crippen MR) is 78.6 cm³/mol. The highest BCUT2D eigenvalue weighted by molar-refractivity contribution is 5.49. The monoisotopic (exact) mass is 274 g/mol. The number of halogens is 1. The molecule has 0 radical (unpaired) electrons. The Morgan fingerprint density at radius 3 is 2.85 bits per heavy atom. The minimum Gasteiger partial charge on any atom is -0.490 e. The normalized spacial score (nSPS) is 10.3. The molecule has 4 heteroatoms. The first-order chi connectivity index (χ1) is 9.81. The van der Waals surface area contributed by atoms with Crippen molar-refractivity contribution in [2.75, 3.05) is 18.5 Å². The Hall–Kier alpha value is -2.10. The zero-order valence-corrected chi connectivity index (χ0v) is 11.6. The minimum atomic E-state index is -0.169. The molecular weight excluding hydrogens is 255 g/mol. The van der Waals surface area contributed by atoms with E-state index in [9.17, 15) is 4.39 Å². The van der Waals surface area contributed by atoms with Gasteiger partial charge in [-0.05, 0) is 36.6 Å². The second-order valence-corrected chi connectivity index (χ2v) is 4.47. The lowest BCUT2D eigenvalue weighted by Gasteiger charge is -2.11. The Morgan fingerprint density at radius 2 is 2.05 bits per heavy atom. The van der Waals surface area contributed by atoms with Crippen LogP contribution in [0, 0.1) is 5.82 Å². The van der Waals surface area contributed by atoms with Gasteiger partial charge in [-0.2, -0.15) is 0 Å². The third kappa shape index (κ3) is 3.95. The van der Waals surface area contributed by atoms with Crippen LogP contribution in [0.25, 0.3) is 0 Å². The van der Waals surface area contributed by atoms with Crippen LogP contribution in [0.15, 0.2) is 42.6 Å². The highest BCUT2D eigenvalue weighted by Gasteiger charge is 2.05. The molecule has 106 valence electrons. The summed E-state index contributed by atoms with van der Waals surface area (Å²) in [4.78, 5) is 4.26. The van der Waals surface area contributed by atoms with E-state index >= 15 is 0 Å². The second-order valence-electron chi connectivity index (χ2n) is 4.47. The van der Waals surface area contributed by atoms with Crippen LogP contribution in [-0.4, -0.2) is 18.1 Å². The molecule has 0 saturated heterocycles. The Kier molecular flexibility index (Phi) is 5.35. The molecule has 0 aliphatic rings. The smallest absolute Gasteiger partial charge is 0.168 e. The first-order valence-electron chi connectivity index (χ1n) is 6.86. The Bertz CT molecular complexity index is 546. The molecule has 1 heterocycles. The summed E-state index contributed by atoms with van der Waals surface area (Å²) in [6.45, 7) is 3.33. The van der Waals surface area contributed by atoms with Crippen LogP contribution in [0.3, 0.4) is 0 Å². The summed E-state index contributed by atoms with van der Waals surface area (Å²) in [6.07, 6.45) is 3.27. The fourth-order valence-electron chi connectivity index (χ4n) is 1.87. The van der Waals surface area contributed by atoms with Gasteiger partial charge in [0.1, 0.15) is 5.82 Å². The average Bonchev–Trinajstić information content (AvgIpc) is 2.48. The van der Waals surface area contributed by atoms with Crippen molar-refractivity contribution in [1.29, 1.82) is 0 Å². The van der Waals surface area contributed by atoms with Crippen LogP contribution in [0.4, 0.5) is 10.2 Å². The van der Waals surface area contributed by atoms with E-state index in [1.165, 1.54) is 6.07 Å². The molecule has 0 fully saturated rings. The van der Waals surface area contributed by atoms with Crippen molar-refractivity contribution in [2.24, 2.45) is 0 Å². The van der Waals surface area contributed by atoms with Crippen LogP contribution in [0.5, 0.6) is 5.75 Å². The van der Waals surface area contributed by atoms with Crippen LogP contribution in [-0.2, 0) is 6.42 Å². The first kappa shape index (κ1) is 14.3. The van der Waals surface area contributed by atoms with E-state index in [0.29, 0.717) is 31.0 Å². The molecule has 2 aromatic rings. The minimum absolute atomic E-state index is 0.169. The van der Waals surface area contributed by atoms with E-state index in [1.807, 2.05) is 18.2 Å². The molecule has 1 aromatic carbocycles. The summed E-state index contributed by atoms with van der Waals surface area (Å²) < 4.78 is 19.1. The van der Waals surface area contributed by atoms with Gasteiger partial charge in [0.05, 0.1) is 6.61 Å². The summed E-state index contributed by atoms with van der Waals surface area (Å²) in [5.74, 6) is 1.28. The summed E-state index contributed by atoms with van der Waals surface area (Å²) in [7, 11) is 0. The summed E-state index contributed by atoms with van der Waals surface area (Å²) in [5.41, 5.74) is 0.701. The van der Waals surface area contributed by atoms with Gasteiger partial charge in [0.25, 0.3) is 0 Å². The summed E-state index contributed by atoms with van der Waals surface area (Å²) in [6, 6.07) is 10.5. The van der Waals surface area contributed by atoms with Crippen LogP contribution >= 0.6 is 0 Å². The molecule has 3 nitrogen and oxygen atoms in total. The third-order valence-electron chi connectivity index (χ3n) is 2.88. The van der Waals surface area contributed by atoms with Crippen molar-refractivity contribution in [3.05, 3.63) is 54.0 Å². The fraction of sp³-hybridized carbons (Fsp3) is 0.312. The average molecular weight is 274 g/mol. The van der Waals surface area contributed by atoms with Crippen molar-refractivity contribution in [1.82, 2.24) is 4.98 Å². The van der Waals surface area contributed by atoms with Gasteiger partial charge in [-0.25, -0.2) is 9.37 Å². The number of pyridine rings is 1. The molecule has 0 spiro atoms. The number of hydrogen-bond donors (Lipinski definition) is 1. The number of rotatable bonds is 7. The van der Waals surface area contributed by atoms with E-state index in [0.717, 1.165) is 12.2 Å². The molecule has 20 heavy (non-hydrogen) atoms. The Morgan fingerprint density at radius 1 is 1.20 bits per heavy atom. The van der Waals surface area contributed by atoms with Crippen molar-refractivity contribution < 1.29 is 9.13 Å². The number of nitrogens with one attached hydrogen (secondary N) is 1. The van der Waals surface area contributed by atoms with E-state index < -0.39 is 0 Å². The standard InChI is InChI=1S/C16H19FN2O/c1-2-12-20-15-8-5-10-18-16(15)19-11-9-13-6-3-4-7-14(13)17/h3-8,10H,2,9,11-12H2,1H3,(H,18,19). The van der Waals surface area contributed by atoms with Crippen LogP contribution in [0.1, 0.15) is 18.9 Å². The number of nitrogens with zero attached hydrogens (tertiary/aromatic N) is 1. The van der Waals surface area contributed by atoms with Gasteiger partial charge < -0.3 is 10.1 Å². The zero-order chi connectivity index (χ0) is 14.2. The van der Waals surface area contributed by atoms with Gasteiger partial charge in [-0.1, -0.05) is 25.1 Å². The largest absolute Gasteiger partial charge is 0.490 e. The maximum Gasteiger partial charge on any atom is 0.168 e. The van der Waals surface area contributed by atoms with Gasteiger partial charge in [0, 0.05) is 12.7 Å². The maximum absolute atomic E-state index is 13.5. The molecule has 0 atom stereocenters. The van der Waals surface area contributed by atoms with Crippen molar-refractivity contribution >= 4 is 5.82 Å². The first-order valence-corrected chi connectivity index (χ1v) is 6.86. The van der Waals surface area contributed by atoms with Crippen molar-refractivity contribution in [2.45, 2.75) is 19.8 Å². The Balaban J connectivity index is 1.92. The molecule has 0 bridgehead atoms. The number of ether oxygens (including phenoxy) is 1. The fourth-order valence-corrected chi connectivity index (χ4v) is 1.87. The van der Waals surface area contributed by atoms with Crippen LogP contribution in [0.2, 0.25) is 0 Å². The predicted octanol–water partition coefficient (Wildman–Crippen LogP) is 3.66. The van der Waals surface area contributed by atoms with Gasteiger partial charge >= 0.3 is 0 Å². The molecule has 0 aliphatic carbocycles. The van der Waals surface area contributed by atoms with Crippen molar-refractivity contribution in [3.63, 3.8) is 0 Å². The molecule has 0 aliphatic heterocycles. The van der Waals surface area contributed by atoms with Gasteiger partial charge in [-0.15, -0.1) is 0 Å². The Labute approximate surface area is 118 Å². The van der Waals surface area contributed by atoms with E-state index in [4.69, 9.17) is 4.74 Å². The molecule has 2 rings (SSSR count). The number of anilines is 1. The summed E-state index contributed by atoms with van der Waals surface area (Å²) in [5, 5.41) is 3.20. The summed E-state index contributed by atoms with van der Waals surface area (Å²) >= 11 is 0. The lowest BCUT2D eigenvalue weighted by Crippen LogP contribution is -2.09. The van der Waals surface area contributed by atoms with E-state index in [-0.39, 0.29) is 5.82 Å². The molecule has 1 N–H and O–H groups in total. The van der Waals surface area contributed by atoms with Gasteiger partial charge in [-0.3, -0.25) is 0 Å². The maximum atomic E-state index is 13.5. The number of hydrogen-bond acceptors (Lipinski definition) is 3. The highest BCUT2D eigenvalue weighted by Crippen LogP contribution is 2.21. The molecule has 0 saturated carbocycles. The van der Waals surface area contributed by atoms with E-state index in [2.05, 4.69) is 17.2 Å². The van der Waals surface area contributed by atoms with Gasteiger partial charge in [0.2, 0.25) is 0 Å². The lowest BCUT2D eigenvalue weighted by molar-refractivity contribution is 0.318. The van der Waals surface area contributed by atoms with Gasteiger partial charge in [0.15, 0.2) is 11.6 Å². The highest BCUT2D eigenvalue weighted by atomic mass is 19.1. The quantitative estimate of drug-likeness (QED) is 0.836.